The van der Waals surface area contributed by atoms with Gasteiger partial charge in [-0.1, -0.05) is 126 Å². The molecule has 0 aliphatic heterocycles. The molecule has 0 unspecified atom stereocenters. The van der Waals surface area contributed by atoms with Crippen LogP contribution in [-0.4, -0.2) is 9.97 Å². The zero-order chi connectivity index (χ0) is 57.4. The summed E-state index contributed by atoms with van der Waals surface area (Å²) >= 11 is 0. The molecule has 3 aromatic heterocycles. The zero-order valence-corrected chi connectivity index (χ0v) is 36.0. The molecule has 0 aliphatic rings. The Labute approximate surface area is 392 Å². The Morgan fingerprint density at radius 3 is 1.92 bits per heavy atom. The second-order valence-electron chi connectivity index (χ2n) is 16.2. The van der Waals surface area contributed by atoms with E-state index >= 15 is 0 Å². The molecule has 0 fully saturated rings. The van der Waals surface area contributed by atoms with E-state index in [1.54, 1.807) is 87.5 Å². The summed E-state index contributed by atoms with van der Waals surface area (Å²) in [6.07, 6.45) is -0.588. The first-order valence-corrected chi connectivity index (χ1v) is 18.8. The second-order valence-corrected chi connectivity index (χ2v) is 16.2. The predicted octanol–water partition coefficient (Wildman–Crippen LogP) is 15.0. The Hall–Kier alpha value is -5.15. The van der Waals surface area contributed by atoms with Crippen LogP contribution in [0.3, 0.4) is 0 Å². The first-order chi connectivity index (χ1) is 35.1. The van der Waals surface area contributed by atoms with E-state index in [2.05, 4.69) is 22.1 Å². The molecule has 303 valence electrons. The van der Waals surface area contributed by atoms with Crippen molar-refractivity contribution in [3.8, 4) is 44.8 Å². The Morgan fingerprint density at radius 2 is 1.25 bits per heavy atom. The first-order valence-electron chi connectivity index (χ1n) is 28.3. The molecule has 3 nitrogen and oxygen atoms in total. The van der Waals surface area contributed by atoms with Crippen LogP contribution in [0.5, 0.6) is 0 Å². The van der Waals surface area contributed by atoms with E-state index in [0.717, 1.165) is 6.20 Å². The minimum Gasteiger partial charge on any atom is -0.501 e. The number of rotatable bonds is 6. The summed E-state index contributed by atoms with van der Waals surface area (Å²) in [6.45, 7) is -2.11. The van der Waals surface area contributed by atoms with E-state index in [4.69, 9.17) is 30.5 Å². The normalized spacial score (nSPS) is 18.0. The fraction of sp³-hybridized carbons (Fsp3) is 0.273. The summed E-state index contributed by atoms with van der Waals surface area (Å²) in [5, 5.41) is 1.23. The molecule has 5 aromatic carbocycles. The van der Waals surface area contributed by atoms with Crippen molar-refractivity contribution in [2.45, 2.75) is 88.5 Å². The number of benzene rings is 5. The topological polar surface area (TPSA) is 38.9 Å². The number of hydrogen-bond acceptors (Lipinski definition) is 3. The molecule has 1 radical (unpaired) electrons. The number of aromatic nitrogens is 2. The Bertz CT molecular complexity index is 3450. The molecule has 0 saturated heterocycles. The standard InChI is InChI=1S/C38H36NO.C17H20N.Ir/c1-23-11-16-29-30-9-8-10-31(37(30)40-36(29)17-23)35-20-34(26(4)22-39-35)33-19-24(2)32(18-25(33)3)28-14-12-27(13-15-28)21-38(5,6)7;1-13-5-8-15(9-6-13)16-10-7-14(12-18-16)11-17(2,3)4;/h8-9,11-20,22H,21H2,1-7H3;5-8,10,12H,11H2,1-4H3;/q2*-1;/i1D3,2D3,3D3,4D3,21D2;1D3,11D2;. The van der Waals surface area contributed by atoms with Crippen LogP contribution in [0.1, 0.15) is 107 Å². The fourth-order valence-electron chi connectivity index (χ4n) is 6.62. The minimum atomic E-state index is -2.85. The molecule has 8 rings (SSSR count). The van der Waals surface area contributed by atoms with Crippen LogP contribution in [0.2, 0.25) is 0 Å². The molecule has 0 saturated carbocycles. The van der Waals surface area contributed by atoms with Gasteiger partial charge in [-0.2, -0.15) is 0 Å². The number of aryl methyl sites for hydroxylation is 5. The summed E-state index contributed by atoms with van der Waals surface area (Å²) in [5.74, 6) is 0. The van der Waals surface area contributed by atoms with Crippen molar-refractivity contribution in [1.82, 2.24) is 9.97 Å². The smallest absolute Gasteiger partial charge is 0.121 e. The molecule has 0 N–H and O–H groups in total. The molecular formula is C55H56IrN2O-2. The molecule has 0 spiro atoms. The molecule has 59 heavy (non-hydrogen) atoms. The van der Waals surface area contributed by atoms with Gasteiger partial charge < -0.3 is 14.4 Å². The summed E-state index contributed by atoms with van der Waals surface area (Å²) in [6, 6.07) is 32.0. The molecule has 8 aromatic rings. The molecule has 4 heteroatoms. The van der Waals surface area contributed by atoms with Crippen LogP contribution >= 0.6 is 0 Å². The molecule has 0 atom stereocenters. The van der Waals surface area contributed by atoms with Crippen LogP contribution in [-0.2, 0) is 32.9 Å². The van der Waals surface area contributed by atoms with Crippen molar-refractivity contribution < 1.29 is 50.6 Å². The van der Waals surface area contributed by atoms with E-state index in [1.807, 2.05) is 20.8 Å². The van der Waals surface area contributed by atoms with Crippen LogP contribution < -0.4 is 0 Å². The Balaban J connectivity index is 0.000000343. The van der Waals surface area contributed by atoms with Crippen LogP contribution in [0.15, 0.2) is 120 Å². The number of nitrogens with zero attached hydrogens (tertiary/aromatic N) is 2. The van der Waals surface area contributed by atoms with Crippen molar-refractivity contribution in [2.75, 3.05) is 0 Å². The largest absolute Gasteiger partial charge is 0.501 e. The Morgan fingerprint density at radius 1 is 0.593 bits per heavy atom. The van der Waals surface area contributed by atoms with Crippen LogP contribution in [0.4, 0.5) is 0 Å². The predicted molar refractivity (Wildman–Crippen MR) is 245 cm³/mol. The minimum absolute atomic E-state index is 0. The molecule has 3 heterocycles. The van der Waals surface area contributed by atoms with Gasteiger partial charge in [0.1, 0.15) is 5.58 Å². The quantitative estimate of drug-likeness (QED) is 0.156. The van der Waals surface area contributed by atoms with Crippen molar-refractivity contribution >= 4 is 21.9 Å². The molecule has 0 aliphatic carbocycles. The van der Waals surface area contributed by atoms with Gasteiger partial charge in [0.2, 0.25) is 0 Å². The van der Waals surface area contributed by atoms with Crippen molar-refractivity contribution in [3.63, 3.8) is 0 Å². The van der Waals surface area contributed by atoms with E-state index in [9.17, 15) is 0 Å². The summed E-state index contributed by atoms with van der Waals surface area (Å²) in [4.78, 5) is 8.74. The van der Waals surface area contributed by atoms with Crippen LogP contribution in [0.25, 0.3) is 66.7 Å². The average molecular weight is 972 g/mol. The fourth-order valence-corrected chi connectivity index (χ4v) is 6.62. The van der Waals surface area contributed by atoms with Gasteiger partial charge >= 0.3 is 0 Å². The van der Waals surface area contributed by atoms with Crippen molar-refractivity contribution in [2.24, 2.45) is 10.8 Å². The number of hydrogen-bond donors (Lipinski definition) is 0. The van der Waals surface area contributed by atoms with Crippen molar-refractivity contribution in [1.29, 1.82) is 0 Å². The van der Waals surface area contributed by atoms with Gasteiger partial charge in [0, 0.05) is 63.9 Å². The van der Waals surface area contributed by atoms with Gasteiger partial charge in [-0.3, -0.25) is 0 Å². The van der Waals surface area contributed by atoms with Gasteiger partial charge in [0.15, 0.2) is 0 Å². The molecule has 0 bridgehead atoms. The van der Waals surface area contributed by atoms with Gasteiger partial charge in [-0.05, 0) is 124 Å². The maximum atomic E-state index is 8.65. The number of fused-ring (bicyclic) bond motifs is 3. The molecule has 0 amide bonds. The Kier molecular flexibility index (Phi) is 7.40. The monoisotopic (exact) mass is 973 g/mol. The van der Waals surface area contributed by atoms with Gasteiger partial charge in [-0.25, -0.2) is 0 Å². The van der Waals surface area contributed by atoms with E-state index in [1.165, 1.54) is 42.6 Å². The van der Waals surface area contributed by atoms with E-state index in [-0.39, 0.29) is 81.5 Å². The first kappa shape index (κ1) is 24.8. The maximum Gasteiger partial charge on any atom is 0.121 e. The van der Waals surface area contributed by atoms with Gasteiger partial charge in [0.05, 0.1) is 5.58 Å². The maximum absolute atomic E-state index is 8.65. The average Bonchev–Trinajstić information content (AvgIpc) is 3.75. The summed E-state index contributed by atoms with van der Waals surface area (Å²) in [7, 11) is 0. The molecular weight excluding hydrogens is 897 g/mol. The van der Waals surface area contributed by atoms with E-state index in [0.29, 0.717) is 44.3 Å². The van der Waals surface area contributed by atoms with Gasteiger partial charge in [-0.15, -0.1) is 53.6 Å². The summed E-state index contributed by atoms with van der Waals surface area (Å²) < 4.78 is 162. The number of furan rings is 1. The van der Waals surface area contributed by atoms with E-state index < -0.39 is 57.8 Å². The SMILES string of the molecule is [2H]C([2H])([2H])c1c[c-]c(-c2ccc(C([2H])([2H])C(C)(C)C)cn2)cc1.[2H]C([2H])([2H])c1ccc2c(c1)oc1c(-c3cc(-c4cc(C([2H])([2H])[2H])c(-c5ccc(C([2H])([2H])C(C)(C)C)cc5)cc4C([2H])([2H])[2H])c(C([2H])([2H])[2H])cn3)[c-]ccc12.[Ir]. The zero-order valence-electron chi connectivity index (χ0n) is 52.6. The van der Waals surface area contributed by atoms with Crippen molar-refractivity contribution in [3.05, 3.63) is 167 Å². The third kappa shape index (κ3) is 10.4. The number of pyridine rings is 2. The third-order valence-electron chi connectivity index (χ3n) is 9.13. The third-order valence-corrected chi connectivity index (χ3v) is 9.13. The second kappa shape index (κ2) is 17.6. The van der Waals surface area contributed by atoms with Crippen LogP contribution in [0, 0.1) is 57.2 Å². The summed E-state index contributed by atoms with van der Waals surface area (Å²) in [5.41, 5.74) is 1.59. The van der Waals surface area contributed by atoms with Gasteiger partial charge in [0.25, 0.3) is 0 Å².